The summed E-state index contributed by atoms with van der Waals surface area (Å²) in [6, 6.07) is 16.7. The molecule has 0 aliphatic heterocycles. The highest BCUT2D eigenvalue weighted by atomic mass is 16.5. The Labute approximate surface area is 136 Å². The van der Waals surface area contributed by atoms with Gasteiger partial charge in [-0.15, -0.1) is 0 Å². The van der Waals surface area contributed by atoms with E-state index in [1.165, 1.54) is 6.92 Å². The lowest BCUT2D eigenvalue weighted by Gasteiger charge is -2.25. The second kappa shape index (κ2) is 7.58. The quantitative estimate of drug-likeness (QED) is 0.767. The average Bonchev–Trinajstić information content (AvgIpc) is 2.59. The maximum absolute atomic E-state index is 12.3. The first-order valence-corrected chi connectivity index (χ1v) is 7.53. The number of carbonyl (C=O) groups is 2. The summed E-state index contributed by atoms with van der Waals surface area (Å²) < 4.78 is 5.52. The van der Waals surface area contributed by atoms with Gasteiger partial charge in [-0.2, -0.15) is 0 Å². The van der Waals surface area contributed by atoms with Gasteiger partial charge in [0, 0.05) is 12.6 Å². The van der Waals surface area contributed by atoms with Crippen LogP contribution in [0.2, 0.25) is 0 Å². The van der Waals surface area contributed by atoms with Crippen LogP contribution in [0.15, 0.2) is 54.6 Å². The molecule has 0 aromatic heterocycles. The van der Waals surface area contributed by atoms with Gasteiger partial charge < -0.3 is 9.64 Å². The van der Waals surface area contributed by atoms with E-state index in [1.54, 1.807) is 36.2 Å². The number of ether oxygens (including phenoxy) is 1. The summed E-state index contributed by atoms with van der Waals surface area (Å²) in [5.74, 6) is 0.373. The Morgan fingerprint density at radius 3 is 2.43 bits per heavy atom. The lowest BCUT2D eigenvalue weighted by molar-refractivity contribution is -0.134. The molecule has 4 nitrogen and oxygen atoms in total. The molecule has 0 aliphatic carbocycles. The van der Waals surface area contributed by atoms with Gasteiger partial charge in [-0.3, -0.25) is 9.59 Å². The van der Waals surface area contributed by atoms with Gasteiger partial charge in [0.25, 0.3) is 5.91 Å². The van der Waals surface area contributed by atoms with E-state index < -0.39 is 0 Å². The summed E-state index contributed by atoms with van der Waals surface area (Å²) >= 11 is 0. The van der Waals surface area contributed by atoms with E-state index in [0.29, 0.717) is 11.3 Å². The topological polar surface area (TPSA) is 46.6 Å². The van der Waals surface area contributed by atoms with Crippen LogP contribution in [0.4, 0.5) is 0 Å². The zero-order chi connectivity index (χ0) is 16.8. The third kappa shape index (κ3) is 4.42. The van der Waals surface area contributed by atoms with Crippen molar-refractivity contribution < 1.29 is 14.3 Å². The predicted molar refractivity (Wildman–Crippen MR) is 89.6 cm³/mol. The monoisotopic (exact) mass is 311 g/mol. The number of rotatable bonds is 6. The van der Waals surface area contributed by atoms with Crippen LogP contribution in [0, 0.1) is 0 Å². The fraction of sp³-hybridized carbons (Fsp3) is 0.263. The number of amides is 1. The molecule has 120 valence electrons. The minimum atomic E-state index is -0.116. The minimum Gasteiger partial charge on any atom is -0.484 e. The van der Waals surface area contributed by atoms with Crippen LogP contribution >= 0.6 is 0 Å². The van der Waals surface area contributed by atoms with Crippen LogP contribution in [0.5, 0.6) is 5.75 Å². The lowest BCUT2D eigenvalue weighted by atomic mass is 10.1. The van der Waals surface area contributed by atoms with Gasteiger partial charge in [-0.1, -0.05) is 42.5 Å². The molecule has 2 aromatic carbocycles. The highest BCUT2D eigenvalue weighted by Crippen LogP contribution is 2.19. The van der Waals surface area contributed by atoms with Gasteiger partial charge in [-0.25, -0.2) is 0 Å². The van der Waals surface area contributed by atoms with E-state index in [9.17, 15) is 9.59 Å². The molecule has 0 saturated carbocycles. The first kappa shape index (κ1) is 16.7. The third-order valence-corrected chi connectivity index (χ3v) is 3.86. The molecule has 23 heavy (non-hydrogen) atoms. The predicted octanol–water partition coefficient (Wildman–Crippen LogP) is 3.49. The first-order valence-electron chi connectivity index (χ1n) is 7.53. The summed E-state index contributed by atoms with van der Waals surface area (Å²) in [6.07, 6.45) is 0. The molecular weight excluding hydrogens is 290 g/mol. The van der Waals surface area contributed by atoms with Crippen molar-refractivity contribution in [3.05, 3.63) is 65.7 Å². The van der Waals surface area contributed by atoms with E-state index in [1.807, 2.05) is 37.3 Å². The summed E-state index contributed by atoms with van der Waals surface area (Å²) in [5.41, 5.74) is 1.64. The van der Waals surface area contributed by atoms with Crippen LogP contribution in [-0.4, -0.2) is 30.2 Å². The molecular formula is C19H21NO3. The maximum atomic E-state index is 12.3. The average molecular weight is 311 g/mol. The molecule has 0 heterocycles. The number of hydrogen-bond donors (Lipinski definition) is 0. The Balaban J connectivity index is 1.96. The van der Waals surface area contributed by atoms with Crippen molar-refractivity contribution in [2.45, 2.75) is 19.9 Å². The van der Waals surface area contributed by atoms with Crippen molar-refractivity contribution in [2.75, 3.05) is 13.7 Å². The molecule has 2 aromatic rings. The zero-order valence-corrected chi connectivity index (χ0v) is 13.7. The molecule has 0 fully saturated rings. The van der Waals surface area contributed by atoms with E-state index in [4.69, 9.17) is 4.74 Å². The standard InChI is InChI=1S/C19H21NO3/c1-14(16-8-5-4-6-9-16)20(3)19(22)13-23-18-11-7-10-17(12-18)15(2)21/h4-12,14H,13H2,1-3H3. The fourth-order valence-corrected chi connectivity index (χ4v) is 2.22. The van der Waals surface area contributed by atoms with E-state index in [2.05, 4.69) is 0 Å². The number of hydrogen-bond acceptors (Lipinski definition) is 3. The van der Waals surface area contributed by atoms with Crippen molar-refractivity contribution in [3.8, 4) is 5.75 Å². The Hall–Kier alpha value is -2.62. The van der Waals surface area contributed by atoms with Gasteiger partial charge in [0.15, 0.2) is 12.4 Å². The Bertz CT molecular complexity index is 682. The largest absolute Gasteiger partial charge is 0.484 e. The number of nitrogens with zero attached hydrogens (tertiary/aromatic N) is 1. The fourth-order valence-electron chi connectivity index (χ4n) is 2.22. The van der Waals surface area contributed by atoms with Crippen molar-refractivity contribution >= 4 is 11.7 Å². The second-order valence-electron chi connectivity index (χ2n) is 5.46. The molecule has 0 aliphatic rings. The number of Topliss-reactive ketones (excluding diaryl/α,β-unsaturated/α-hetero) is 1. The molecule has 1 unspecified atom stereocenters. The number of ketones is 1. The van der Waals surface area contributed by atoms with Gasteiger partial charge in [0.05, 0.1) is 6.04 Å². The van der Waals surface area contributed by atoms with Crippen LogP contribution in [0.25, 0.3) is 0 Å². The minimum absolute atomic E-state index is 0.0309. The van der Waals surface area contributed by atoms with Gasteiger partial charge in [0.1, 0.15) is 5.75 Å². The normalized spacial score (nSPS) is 11.6. The van der Waals surface area contributed by atoms with Gasteiger partial charge >= 0.3 is 0 Å². The third-order valence-electron chi connectivity index (χ3n) is 3.86. The number of benzene rings is 2. The van der Waals surface area contributed by atoms with Crippen LogP contribution < -0.4 is 4.74 Å². The summed E-state index contributed by atoms with van der Waals surface area (Å²) in [4.78, 5) is 25.3. The summed E-state index contributed by atoms with van der Waals surface area (Å²) in [6.45, 7) is 3.41. The first-order chi connectivity index (χ1) is 11.0. The van der Waals surface area contributed by atoms with Crippen LogP contribution in [0.1, 0.15) is 35.8 Å². The van der Waals surface area contributed by atoms with Gasteiger partial charge in [0.2, 0.25) is 0 Å². The Morgan fingerprint density at radius 1 is 1.09 bits per heavy atom. The maximum Gasteiger partial charge on any atom is 0.260 e. The molecule has 2 rings (SSSR count). The highest BCUT2D eigenvalue weighted by molar-refractivity contribution is 5.94. The lowest BCUT2D eigenvalue weighted by Crippen LogP contribution is -2.33. The number of likely N-dealkylation sites (N-methyl/N-ethyl adjacent to an activating group) is 1. The molecule has 0 spiro atoms. The van der Waals surface area contributed by atoms with Crippen molar-refractivity contribution in [1.29, 1.82) is 0 Å². The van der Waals surface area contributed by atoms with E-state index in [-0.39, 0.29) is 24.3 Å². The van der Waals surface area contributed by atoms with Crippen LogP contribution in [0.3, 0.4) is 0 Å². The van der Waals surface area contributed by atoms with E-state index in [0.717, 1.165) is 5.56 Å². The van der Waals surface area contributed by atoms with Crippen molar-refractivity contribution in [2.24, 2.45) is 0 Å². The molecule has 0 bridgehead atoms. The molecule has 0 N–H and O–H groups in total. The molecule has 4 heteroatoms. The molecule has 1 atom stereocenters. The van der Waals surface area contributed by atoms with Gasteiger partial charge in [-0.05, 0) is 31.5 Å². The SMILES string of the molecule is CC(=O)c1cccc(OCC(=O)N(C)C(C)c2ccccc2)c1. The summed E-state index contributed by atoms with van der Waals surface area (Å²) in [5, 5.41) is 0. The zero-order valence-electron chi connectivity index (χ0n) is 13.7. The smallest absolute Gasteiger partial charge is 0.260 e. The molecule has 0 radical (unpaired) electrons. The van der Waals surface area contributed by atoms with Crippen molar-refractivity contribution in [3.63, 3.8) is 0 Å². The molecule has 0 saturated heterocycles. The Morgan fingerprint density at radius 2 is 1.78 bits per heavy atom. The summed E-state index contributed by atoms with van der Waals surface area (Å²) in [7, 11) is 1.76. The van der Waals surface area contributed by atoms with E-state index >= 15 is 0 Å². The van der Waals surface area contributed by atoms with Crippen LogP contribution in [-0.2, 0) is 4.79 Å². The Kier molecular flexibility index (Phi) is 5.52. The highest BCUT2D eigenvalue weighted by Gasteiger charge is 2.17. The number of carbonyl (C=O) groups excluding carboxylic acids is 2. The van der Waals surface area contributed by atoms with Crippen molar-refractivity contribution in [1.82, 2.24) is 4.90 Å². The second-order valence-corrected chi connectivity index (χ2v) is 5.46. The molecule has 1 amide bonds.